The van der Waals surface area contributed by atoms with Crippen molar-refractivity contribution in [3.63, 3.8) is 0 Å². The Morgan fingerprint density at radius 1 is 1.41 bits per heavy atom. The van der Waals surface area contributed by atoms with Crippen molar-refractivity contribution in [1.29, 1.82) is 0 Å². The van der Waals surface area contributed by atoms with Crippen LogP contribution in [0.1, 0.15) is 32.6 Å². The van der Waals surface area contributed by atoms with Crippen molar-refractivity contribution in [2.75, 3.05) is 25.9 Å². The highest BCUT2D eigenvalue weighted by molar-refractivity contribution is 7.88. The molecule has 1 rings (SSSR count). The van der Waals surface area contributed by atoms with E-state index in [9.17, 15) is 13.5 Å². The van der Waals surface area contributed by atoms with Gasteiger partial charge in [0.2, 0.25) is 10.0 Å². The first kappa shape index (κ1) is 14.9. The van der Waals surface area contributed by atoms with Crippen LogP contribution >= 0.6 is 0 Å². The van der Waals surface area contributed by atoms with Gasteiger partial charge >= 0.3 is 0 Å². The van der Waals surface area contributed by atoms with Gasteiger partial charge in [0, 0.05) is 19.1 Å². The van der Waals surface area contributed by atoms with Crippen LogP contribution in [0.5, 0.6) is 0 Å². The lowest BCUT2D eigenvalue weighted by Gasteiger charge is -2.20. The molecule has 0 heterocycles. The Hall–Kier alpha value is -0.170. The summed E-state index contributed by atoms with van der Waals surface area (Å²) in [6, 6.07) is 0.198. The summed E-state index contributed by atoms with van der Waals surface area (Å²) >= 11 is 0. The number of aliphatic hydroxyl groups is 1. The van der Waals surface area contributed by atoms with Gasteiger partial charge in [-0.2, -0.15) is 0 Å². The van der Waals surface area contributed by atoms with Crippen molar-refractivity contribution in [2.45, 2.75) is 44.8 Å². The summed E-state index contributed by atoms with van der Waals surface area (Å²) in [7, 11) is -3.07. The second kappa shape index (κ2) is 6.68. The molecule has 0 aromatic rings. The van der Waals surface area contributed by atoms with Gasteiger partial charge in [-0.1, -0.05) is 6.92 Å². The monoisotopic (exact) mass is 264 g/mol. The SMILES string of the molecule is CCN(CCCN[C@H]1CCC[C@@H]1O)S(C)(=O)=O. The number of nitrogens with one attached hydrogen (secondary N) is 1. The molecular weight excluding hydrogens is 240 g/mol. The molecule has 6 heteroatoms. The normalized spacial score (nSPS) is 25.6. The molecule has 0 spiro atoms. The molecule has 0 bridgehead atoms. The molecule has 0 radical (unpaired) electrons. The molecular formula is C11H24N2O3S. The predicted octanol–water partition coefficient (Wildman–Crippen LogP) is 0.161. The number of sulfonamides is 1. The van der Waals surface area contributed by atoms with E-state index in [-0.39, 0.29) is 12.1 Å². The molecule has 2 atom stereocenters. The van der Waals surface area contributed by atoms with Crippen molar-refractivity contribution in [3.8, 4) is 0 Å². The summed E-state index contributed by atoms with van der Waals surface area (Å²) in [6.07, 6.45) is 4.76. The summed E-state index contributed by atoms with van der Waals surface area (Å²) in [5, 5.41) is 12.9. The molecule has 0 aliphatic heterocycles. The van der Waals surface area contributed by atoms with Crippen LogP contribution in [0.2, 0.25) is 0 Å². The Bertz CT molecular complexity index is 319. The van der Waals surface area contributed by atoms with E-state index in [2.05, 4.69) is 5.32 Å². The van der Waals surface area contributed by atoms with Crippen LogP contribution < -0.4 is 5.32 Å². The first-order chi connectivity index (χ1) is 7.95. The molecule has 1 saturated carbocycles. The fourth-order valence-corrected chi connectivity index (χ4v) is 3.21. The van der Waals surface area contributed by atoms with E-state index in [4.69, 9.17) is 0 Å². The molecule has 1 aliphatic rings. The van der Waals surface area contributed by atoms with Gasteiger partial charge in [-0.3, -0.25) is 0 Å². The highest BCUT2D eigenvalue weighted by Crippen LogP contribution is 2.18. The van der Waals surface area contributed by atoms with Crippen LogP contribution in [0.4, 0.5) is 0 Å². The van der Waals surface area contributed by atoms with E-state index >= 15 is 0 Å². The van der Waals surface area contributed by atoms with E-state index in [0.29, 0.717) is 13.1 Å². The van der Waals surface area contributed by atoms with Crippen molar-refractivity contribution in [2.24, 2.45) is 0 Å². The van der Waals surface area contributed by atoms with E-state index in [1.165, 1.54) is 10.6 Å². The summed E-state index contributed by atoms with van der Waals surface area (Å²) in [6.45, 7) is 3.67. The molecule has 0 aromatic carbocycles. The van der Waals surface area contributed by atoms with E-state index < -0.39 is 10.0 Å². The zero-order valence-corrected chi connectivity index (χ0v) is 11.5. The van der Waals surface area contributed by atoms with E-state index in [0.717, 1.165) is 32.2 Å². The summed E-state index contributed by atoms with van der Waals surface area (Å²) in [4.78, 5) is 0. The molecule has 0 aromatic heterocycles. The first-order valence-electron chi connectivity index (χ1n) is 6.31. The van der Waals surface area contributed by atoms with Crippen LogP contribution in [-0.2, 0) is 10.0 Å². The summed E-state index contributed by atoms with van der Waals surface area (Å²) < 4.78 is 24.1. The van der Waals surface area contributed by atoms with Gasteiger partial charge in [-0.25, -0.2) is 12.7 Å². The van der Waals surface area contributed by atoms with E-state index in [1.807, 2.05) is 6.92 Å². The Kier molecular flexibility index (Phi) is 5.85. The third-order valence-electron chi connectivity index (χ3n) is 3.29. The van der Waals surface area contributed by atoms with Gasteiger partial charge in [0.05, 0.1) is 12.4 Å². The Morgan fingerprint density at radius 2 is 2.12 bits per heavy atom. The fraction of sp³-hybridized carbons (Fsp3) is 1.00. The fourth-order valence-electron chi connectivity index (χ4n) is 2.28. The number of hydrogen-bond acceptors (Lipinski definition) is 4. The minimum atomic E-state index is -3.07. The third kappa shape index (κ3) is 4.91. The molecule has 1 aliphatic carbocycles. The maximum absolute atomic E-state index is 11.3. The largest absolute Gasteiger partial charge is 0.392 e. The number of rotatable bonds is 7. The highest BCUT2D eigenvalue weighted by atomic mass is 32.2. The number of aliphatic hydroxyl groups excluding tert-OH is 1. The maximum Gasteiger partial charge on any atom is 0.211 e. The van der Waals surface area contributed by atoms with Gasteiger partial charge in [0.25, 0.3) is 0 Å². The second-order valence-corrected chi connectivity index (χ2v) is 6.65. The average molecular weight is 264 g/mol. The molecule has 0 amide bonds. The summed E-state index contributed by atoms with van der Waals surface area (Å²) in [5.41, 5.74) is 0. The zero-order chi connectivity index (χ0) is 12.9. The van der Waals surface area contributed by atoms with Crippen LogP contribution in [0, 0.1) is 0 Å². The maximum atomic E-state index is 11.3. The van der Waals surface area contributed by atoms with Gasteiger partial charge in [-0.15, -0.1) is 0 Å². The van der Waals surface area contributed by atoms with Crippen LogP contribution in [0.25, 0.3) is 0 Å². The quantitative estimate of drug-likeness (QED) is 0.643. The molecule has 102 valence electrons. The predicted molar refractivity (Wildman–Crippen MR) is 68.4 cm³/mol. The molecule has 1 fully saturated rings. The Morgan fingerprint density at radius 3 is 2.59 bits per heavy atom. The van der Waals surface area contributed by atoms with Gasteiger partial charge in [0.15, 0.2) is 0 Å². The molecule has 0 saturated heterocycles. The van der Waals surface area contributed by atoms with Crippen LogP contribution in [0.15, 0.2) is 0 Å². The van der Waals surface area contributed by atoms with Gasteiger partial charge < -0.3 is 10.4 Å². The number of hydrogen-bond donors (Lipinski definition) is 2. The molecule has 0 unspecified atom stereocenters. The lowest BCUT2D eigenvalue weighted by atomic mass is 10.2. The molecule has 17 heavy (non-hydrogen) atoms. The van der Waals surface area contributed by atoms with Crippen molar-refractivity contribution in [3.05, 3.63) is 0 Å². The van der Waals surface area contributed by atoms with Crippen LogP contribution in [-0.4, -0.2) is 55.9 Å². The second-order valence-electron chi connectivity index (χ2n) is 4.67. The Labute approximate surface area is 104 Å². The number of nitrogens with zero attached hydrogens (tertiary/aromatic N) is 1. The van der Waals surface area contributed by atoms with E-state index in [1.54, 1.807) is 0 Å². The topological polar surface area (TPSA) is 69.6 Å². The van der Waals surface area contributed by atoms with Crippen molar-refractivity contribution in [1.82, 2.24) is 9.62 Å². The lowest BCUT2D eigenvalue weighted by molar-refractivity contribution is 0.149. The van der Waals surface area contributed by atoms with Crippen molar-refractivity contribution >= 4 is 10.0 Å². The minimum absolute atomic E-state index is 0.198. The van der Waals surface area contributed by atoms with Crippen molar-refractivity contribution < 1.29 is 13.5 Å². The third-order valence-corrected chi connectivity index (χ3v) is 4.67. The van der Waals surface area contributed by atoms with Gasteiger partial charge in [0.1, 0.15) is 0 Å². The minimum Gasteiger partial charge on any atom is -0.392 e. The summed E-state index contributed by atoms with van der Waals surface area (Å²) in [5.74, 6) is 0. The lowest BCUT2D eigenvalue weighted by Crippen LogP contribution is -2.38. The highest BCUT2D eigenvalue weighted by Gasteiger charge is 2.24. The molecule has 5 nitrogen and oxygen atoms in total. The smallest absolute Gasteiger partial charge is 0.211 e. The van der Waals surface area contributed by atoms with Gasteiger partial charge in [-0.05, 0) is 32.2 Å². The standard InChI is InChI=1S/C11H24N2O3S/c1-3-13(17(2,15)16)9-5-8-12-10-6-4-7-11(10)14/h10-12,14H,3-9H2,1-2H3/t10-,11-/m0/s1. The average Bonchev–Trinajstić information content (AvgIpc) is 2.62. The zero-order valence-electron chi connectivity index (χ0n) is 10.7. The first-order valence-corrected chi connectivity index (χ1v) is 8.16. The molecule has 2 N–H and O–H groups in total. The Balaban J connectivity index is 2.19. The van der Waals surface area contributed by atoms with Crippen LogP contribution in [0.3, 0.4) is 0 Å².